The zero-order valence-electron chi connectivity index (χ0n) is 17.5. The average Bonchev–Trinajstić information content (AvgIpc) is 2.67. The van der Waals surface area contributed by atoms with E-state index in [0.29, 0.717) is 12.1 Å². The molecule has 1 saturated heterocycles. The fourth-order valence-electron chi connectivity index (χ4n) is 3.24. The summed E-state index contributed by atoms with van der Waals surface area (Å²) in [5.41, 5.74) is 1.37. The first-order valence-electron chi connectivity index (χ1n) is 9.68. The predicted molar refractivity (Wildman–Crippen MR) is 110 cm³/mol. The number of benzene rings is 1. The van der Waals surface area contributed by atoms with Gasteiger partial charge in [-0.15, -0.1) is 0 Å². The van der Waals surface area contributed by atoms with Crippen LogP contribution in [0.5, 0.6) is 0 Å². The molecule has 1 aliphatic rings. The maximum absolute atomic E-state index is 12.4. The number of hydrogen-bond donors (Lipinski definition) is 2. The quantitative estimate of drug-likeness (QED) is 0.469. The van der Waals surface area contributed by atoms with E-state index < -0.39 is 0 Å². The van der Waals surface area contributed by atoms with E-state index in [1.165, 1.54) is 7.11 Å². The number of guanidine groups is 1. The van der Waals surface area contributed by atoms with Gasteiger partial charge in [0, 0.05) is 37.8 Å². The van der Waals surface area contributed by atoms with Gasteiger partial charge in [0.1, 0.15) is 0 Å². The van der Waals surface area contributed by atoms with Gasteiger partial charge < -0.3 is 20.3 Å². The number of methoxy groups -OCH3 is 1. The Hall–Kier alpha value is -2.57. The molecule has 0 unspecified atom stereocenters. The van der Waals surface area contributed by atoms with Gasteiger partial charge in [-0.05, 0) is 51.3 Å². The lowest BCUT2D eigenvalue weighted by atomic mass is 9.97. The molecule has 1 amide bonds. The number of nitrogens with zero attached hydrogens (tertiary/aromatic N) is 2. The van der Waals surface area contributed by atoms with Crippen molar-refractivity contribution in [2.24, 2.45) is 10.9 Å². The van der Waals surface area contributed by atoms with Gasteiger partial charge in [-0.25, -0.2) is 0 Å². The van der Waals surface area contributed by atoms with Gasteiger partial charge in [-0.1, -0.05) is 12.1 Å². The van der Waals surface area contributed by atoms with Crippen molar-refractivity contribution < 1.29 is 14.3 Å². The largest absolute Gasteiger partial charge is 0.469 e. The van der Waals surface area contributed by atoms with Crippen molar-refractivity contribution in [2.75, 3.05) is 27.2 Å². The number of piperidine rings is 1. The van der Waals surface area contributed by atoms with Gasteiger partial charge in [-0.3, -0.25) is 14.6 Å². The second kappa shape index (κ2) is 9.57. The minimum atomic E-state index is -0.274. The minimum Gasteiger partial charge on any atom is -0.469 e. The summed E-state index contributed by atoms with van der Waals surface area (Å²) in [5, 5.41) is 6.34. The molecule has 0 radical (unpaired) electrons. The zero-order valence-corrected chi connectivity index (χ0v) is 17.5. The van der Waals surface area contributed by atoms with Crippen molar-refractivity contribution in [3.8, 4) is 0 Å². The Morgan fingerprint density at radius 3 is 2.50 bits per heavy atom. The van der Waals surface area contributed by atoms with E-state index >= 15 is 0 Å². The molecule has 1 aromatic carbocycles. The highest BCUT2D eigenvalue weighted by atomic mass is 16.5. The number of esters is 1. The second-order valence-electron chi connectivity index (χ2n) is 8.09. The summed E-state index contributed by atoms with van der Waals surface area (Å²) in [6.07, 6.45) is 1.52. The molecule has 154 valence electrons. The third-order valence-electron chi connectivity index (χ3n) is 4.67. The summed E-state index contributed by atoms with van der Waals surface area (Å²) in [5.74, 6) is 0.557. The van der Waals surface area contributed by atoms with Crippen LogP contribution in [-0.2, 0) is 16.1 Å². The molecule has 0 saturated carbocycles. The molecule has 0 atom stereocenters. The van der Waals surface area contributed by atoms with E-state index in [1.807, 2.05) is 45.0 Å². The van der Waals surface area contributed by atoms with Crippen LogP contribution in [0.4, 0.5) is 0 Å². The standard InChI is InChI=1S/C21H32N4O3/c1-21(2,3)24-18(26)17-8-6-7-15(13-17)14-23-20(22-4)25-11-9-16(10-12-25)19(27)28-5/h6-8,13,16H,9-12,14H2,1-5H3,(H,22,23)(H,24,26). The van der Waals surface area contributed by atoms with Crippen molar-refractivity contribution in [2.45, 2.75) is 45.7 Å². The molecule has 2 rings (SSSR count). The zero-order chi connectivity index (χ0) is 20.7. The first-order chi connectivity index (χ1) is 13.2. The molecule has 2 N–H and O–H groups in total. The Morgan fingerprint density at radius 2 is 1.93 bits per heavy atom. The first kappa shape index (κ1) is 21.7. The van der Waals surface area contributed by atoms with Gasteiger partial charge in [0.15, 0.2) is 5.96 Å². The number of likely N-dealkylation sites (tertiary alicyclic amines) is 1. The summed E-state index contributed by atoms with van der Waals surface area (Å²) in [6.45, 7) is 7.97. The van der Waals surface area contributed by atoms with E-state index in [0.717, 1.165) is 37.5 Å². The van der Waals surface area contributed by atoms with Gasteiger partial charge >= 0.3 is 5.97 Å². The Morgan fingerprint density at radius 1 is 1.25 bits per heavy atom. The molecule has 0 aromatic heterocycles. The summed E-state index contributed by atoms with van der Waals surface area (Å²) in [6, 6.07) is 7.58. The number of nitrogens with one attached hydrogen (secondary N) is 2. The van der Waals surface area contributed by atoms with Crippen LogP contribution in [-0.4, -0.2) is 55.5 Å². The van der Waals surface area contributed by atoms with Crippen molar-refractivity contribution in [3.63, 3.8) is 0 Å². The van der Waals surface area contributed by atoms with Crippen LogP contribution in [0.1, 0.15) is 49.5 Å². The number of aliphatic imine (C=N–C) groups is 1. The molecule has 28 heavy (non-hydrogen) atoms. The van der Waals surface area contributed by atoms with E-state index in [-0.39, 0.29) is 23.3 Å². The topological polar surface area (TPSA) is 83.0 Å². The third kappa shape index (κ3) is 6.25. The molecule has 7 heteroatoms. The average molecular weight is 389 g/mol. The molecule has 0 spiro atoms. The maximum Gasteiger partial charge on any atom is 0.308 e. The van der Waals surface area contributed by atoms with E-state index in [2.05, 4.69) is 20.5 Å². The second-order valence-corrected chi connectivity index (χ2v) is 8.09. The Kier molecular flexibility index (Phi) is 7.43. The molecular weight excluding hydrogens is 356 g/mol. The lowest BCUT2D eigenvalue weighted by Crippen LogP contribution is -2.46. The molecule has 7 nitrogen and oxygen atoms in total. The molecule has 1 heterocycles. The smallest absolute Gasteiger partial charge is 0.308 e. The van der Waals surface area contributed by atoms with Crippen LogP contribution >= 0.6 is 0 Å². The molecule has 0 aliphatic carbocycles. The predicted octanol–water partition coefficient (Wildman–Crippen LogP) is 2.18. The first-order valence-corrected chi connectivity index (χ1v) is 9.68. The van der Waals surface area contributed by atoms with Crippen LogP contribution < -0.4 is 10.6 Å². The van der Waals surface area contributed by atoms with E-state index in [4.69, 9.17) is 4.74 Å². The fraction of sp³-hybridized carbons (Fsp3) is 0.571. The highest BCUT2D eigenvalue weighted by Gasteiger charge is 2.27. The molecule has 1 aromatic rings. The lowest BCUT2D eigenvalue weighted by molar-refractivity contribution is -0.146. The number of rotatable bonds is 4. The van der Waals surface area contributed by atoms with Crippen LogP contribution in [0, 0.1) is 5.92 Å². The third-order valence-corrected chi connectivity index (χ3v) is 4.67. The Labute approximate surface area is 167 Å². The van der Waals surface area contributed by atoms with Crippen molar-refractivity contribution >= 4 is 17.8 Å². The number of hydrogen-bond acceptors (Lipinski definition) is 4. The molecule has 1 aliphatic heterocycles. The molecule has 0 bridgehead atoms. The maximum atomic E-state index is 12.4. The minimum absolute atomic E-state index is 0.0302. The number of carbonyl (C=O) groups is 2. The lowest BCUT2D eigenvalue weighted by Gasteiger charge is -2.33. The summed E-state index contributed by atoms with van der Waals surface area (Å²) in [4.78, 5) is 30.5. The number of carbonyl (C=O) groups excluding carboxylic acids is 2. The highest BCUT2D eigenvalue weighted by molar-refractivity contribution is 5.94. The normalized spacial score (nSPS) is 15.9. The Balaban J connectivity index is 1.93. The molecular formula is C21H32N4O3. The van der Waals surface area contributed by atoms with Crippen molar-refractivity contribution in [1.29, 1.82) is 0 Å². The van der Waals surface area contributed by atoms with Gasteiger partial charge in [0.05, 0.1) is 13.0 Å². The van der Waals surface area contributed by atoms with Crippen LogP contribution in [0.15, 0.2) is 29.3 Å². The van der Waals surface area contributed by atoms with Crippen LogP contribution in [0.2, 0.25) is 0 Å². The van der Waals surface area contributed by atoms with Gasteiger partial charge in [0.2, 0.25) is 0 Å². The highest BCUT2D eigenvalue weighted by Crippen LogP contribution is 2.18. The van der Waals surface area contributed by atoms with E-state index in [1.54, 1.807) is 7.05 Å². The summed E-state index contributed by atoms with van der Waals surface area (Å²) >= 11 is 0. The van der Waals surface area contributed by atoms with Gasteiger partial charge in [-0.2, -0.15) is 0 Å². The summed E-state index contributed by atoms with van der Waals surface area (Å²) < 4.78 is 4.84. The summed E-state index contributed by atoms with van der Waals surface area (Å²) in [7, 11) is 3.19. The van der Waals surface area contributed by atoms with Crippen LogP contribution in [0.25, 0.3) is 0 Å². The van der Waals surface area contributed by atoms with Crippen molar-refractivity contribution in [1.82, 2.24) is 15.5 Å². The molecule has 1 fully saturated rings. The van der Waals surface area contributed by atoms with E-state index in [9.17, 15) is 9.59 Å². The number of amides is 1. The van der Waals surface area contributed by atoms with Gasteiger partial charge in [0.25, 0.3) is 5.91 Å². The van der Waals surface area contributed by atoms with Crippen LogP contribution in [0.3, 0.4) is 0 Å². The SMILES string of the molecule is CN=C(NCc1cccc(C(=O)NC(C)(C)C)c1)N1CCC(C(=O)OC)CC1. The fourth-order valence-corrected chi connectivity index (χ4v) is 3.24. The van der Waals surface area contributed by atoms with Crippen molar-refractivity contribution in [3.05, 3.63) is 35.4 Å². The number of ether oxygens (including phenoxy) is 1. The Bertz CT molecular complexity index is 717. The monoisotopic (exact) mass is 388 g/mol.